The maximum absolute atomic E-state index is 11.8. The fraction of sp³-hybridized carbons (Fsp3) is 0.700. The van der Waals surface area contributed by atoms with Crippen LogP contribution in [0.5, 0.6) is 0 Å². The number of likely N-dealkylation sites (tertiary alicyclic amines) is 1. The van der Waals surface area contributed by atoms with Gasteiger partial charge in [-0.05, 0) is 6.92 Å². The van der Waals surface area contributed by atoms with E-state index in [4.69, 9.17) is 4.52 Å². The molecule has 0 aromatic carbocycles. The minimum absolute atomic E-state index is 0.0781. The van der Waals surface area contributed by atoms with Gasteiger partial charge < -0.3 is 14.7 Å². The molecular weight excluding hydrogens is 208 g/mol. The van der Waals surface area contributed by atoms with Gasteiger partial charge in [0.25, 0.3) is 0 Å². The number of hydrogen-bond acceptors (Lipinski definition) is 5. The fourth-order valence-corrected chi connectivity index (χ4v) is 2.22. The summed E-state index contributed by atoms with van der Waals surface area (Å²) in [6.07, 6.45) is 0.498. The van der Waals surface area contributed by atoms with Crippen molar-refractivity contribution in [2.75, 3.05) is 19.6 Å². The van der Waals surface area contributed by atoms with Crippen LogP contribution in [0, 0.1) is 6.92 Å². The van der Waals surface area contributed by atoms with Gasteiger partial charge in [0.15, 0.2) is 5.82 Å². The van der Waals surface area contributed by atoms with E-state index < -0.39 is 0 Å². The Bertz CT molecular complexity index is 413. The van der Waals surface area contributed by atoms with Gasteiger partial charge in [0.1, 0.15) is 0 Å². The van der Waals surface area contributed by atoms with E-state index in [1.165, 1.54) is 0 Å². The third-order valence-corrected chi connectivity index (χ3v) is 3.25. The summed E-state index contributed by atoms with van der Waals surface area (Å²) in [7, 11) is 0. The molecule has 0 bridgehead atoms. The first-order chi connectivity index (χ1) is 7.74. The first-order valence-electron chi connectivity index (χ1n) is 5.54. The molecule has 0 saturated carbocycles. The van der Waals surface area contributed by atoms with Crippen molar-refractivity contribution in [1.29, 1.82) is 0 Å². The van der Waals surface area contributed by atoms with Crippen LogP contribution in [-0.4, -0.2) is 46.6 Å². The van der Waals surface area contributed by atoms with Crippen molar-refractivity contribution in [2.24, 2.45) is 0 Å². The number of aromatic nitrogens is 2. The van der Waals surface area contributed by atoms with E-state index in [-0.39, 0.29) is 11.8 Å². The quantitative estimate of drug-likeness (QED) is 0.741. The van der Waals surface area contributed by atoms with Gasteiger partial charge in [-0.25, -0.2) is 0 Å². The largest absolute Gasteiger partial charge is 0.339 e. The van der Waals surface area contributed by atoms with E-state index in [0.29, 0.717) is 30.7 Å². The third-order valence-electron chi connectivity index (χ3n) is 3.25. The summed E-state index contributed by atoms with van der Waals surface area (Å²) in [6, 6.07) is 0.363. The molecule has 2 saturated heterocycles. The number of carbonyl (C=O) groups excluding carboxylic acids is 1. The highest BCUT2D eigenvalue weighted by atomic mass is 16.5. The summed E-state index contributed by atoms with van der Waals surface area (Å²) in [6.45, 7) is 4.31. The van der Waals surface area contributed by atoms with Gasteiger partial charge in [0.05, 0.1) is 12.0 Å². The van der Waals surface area contributed by atoms with Crippen molar-refractivity contribution in [3.8, 4) is 0 Å². The fourth-order valence-electron chi connectivity index (χ4n) is 2.22. The summed E-state index contributed by atoms with van der Waals surface area (Å²) in [5.74, 6) is 1.51. The lowest BCUT2D eigenvalue weighted by Gasteiger charge is -2.35. The van der Waals surface area contributed by atoms with Crippen LogP contribution >= 0.6 is 0 Å². The van der Waals surface area contributed by atoms with Crippen LogP contribution in [0.25, 0.3) is 0 Å². The average molecular weight is 222 g/mol. The number of nitrogens with one attached hydrogen (secondary N) is 1. The summed E-state index contributed by atoms with van der Waals surface area (Å²) in [5.41, 5.74) is 0. The SMILES string of the molecule is Cc1noc(C2CC(=O)N(C3CNC3)C2)n1. The van der Waals surface area contributed by atoms with Crippen LogP contribution in [0.3, 0.4) is 0 Å². The number of carbonyl (C=O) groups is 1. The zero-order valence-corrected chi connectivity index (χ0v) is 9.14. The normalized spacial score (nSPS) is 26.2. The Hall–Kier alpha value is -1.43. The number of nitrogens with zero attached hydrogens (tertiary/aromatic N) is 3. The smallest absolute Gasteiger partial charge is 0.232 e. The second kappa shape index (κ2) is 3.55. The van der Waals surface area contributed by atoms with Gasteiger partial charge in [-0.3, -0.25) is 4.79 Å². The van der Waals surface area contributed by atoms with Crippen molar-refractivity contribution < 1.29 is 9.32 Å². The van der Waals surface area contributed by atoms with Gasteiger partial charge in [-0.15, -0.1) is 0 Å². The molecule has 2 fully saturated rings. The van der Waals surface area contributed by atoms with Crippen LogP contribution < -0.4 is 5.32 Å². The van der Waals surface area contributed by atoms with Gasteiger partial charge in [0, 0.05) is 26.1 Å². The number of rotatable bonds is 2. The summed E-state index contributed by atoms with van der Waals surface area (Å²) < 4.78 is 5.12. The van der Waals surface area contributed by atoms with Crippen LogP contribution in [0.2, 0.25) is 0 Å². The van der Waals surface area contributed by atoms with E-state index >= 15 is 0 Å². The Kier molecular flexibility index (Phi) is 2.17. The minimum atomic E-state index is 0.0781. The van der Waals surface area contributed by atoms with Crippen molar-refractivity contribution in [3.05, 3.63) is 11.7 Å². The van der Waals surface area contributed by atoms with Crippen molar-refractivity contribution in [1.82, 2.24) is 20.4 Å². The number of amides is 1. The van der Waals surface area contributed by atoms with E-state index in [0.717, 1.165) is 13.1 Å². The van der Waals surface area contributed by atoms with Crippen LogP contribution in [0.15, 0.2) is 4.52 Å². The molecule has 1 atom stereocenters. The third kappa shape index (κ3) is 1.49. The lowest BCUT2D eigenvalue weighted by Crippen LogP contribution is -2.57. The van der Waals surface area contributed by atoms with Crippen LogP contribution in [0.4, 0.5) is 0 Å². The first-order valence-corrected chi connectivity index (χ1v) is 5.54. The molecule has 0 spiro atoms. The molecule has 6 nitrogen and oxygen atoms in total. The minimum Gasteiger partial charge on any atom is -0.339 e. The van der Waals surface area contributed by atoms with Crippen molar-refractivity contribution >= 4 is 5.91 Å². The van der Waals surface area contributed by atoms with Gasteiger partial charge >= 0.3 is 0 Å². The monoisotopic (exact) mass is 222 g/mol. The average Bonchev–Trinajstić information content (AvgIpc) is 2.72. The maximum atomic E-state index is 11.8. The molecule has 0 radical (unpaired) electrons. The highest BCUT2D eigenvalue weighted by molar-refractivity contribution is 5.80. The van der Waals surface area contributed by atoms with E-state index in [9.17, 15) is 4.79 Å². The number of hydrogen-bond donors (Lipinski definition) is 1. The zero-order chi connectivity index (χ0) is 11.1. The second-order valence-electron chi connectivity index (χ2n) is 4.44. The molecule has 16 heavy (non-hydrogen) atoms. The summed E-state index contributed by atoms with van der Waals surface area (Å²) in [5, 5.41) is 6.93. The summed E-state index contributed by atoms with van der Waals surface area (Å²) in [4.78, 5) is 17.9. The van der Waals surface area contributed by atoms with Gasteiger partial charge in [0.2, 0.25) is 11.8 Å². The molecular formula is C10H14N4O2. The first kappa shape index (κ1) is 9.77. The molecule has 3 rings (SSSR count). The van der Waals surface area contributed by atoms with Crippen molar-refractivity contribution in [2.45, 2.75) is 25.3 Å². The highest BCUT2D eigenvalue weighted by Crippen LogP contribution is 2.28. The standard InChI is InChI=1S/C10H14N4O2/c1-6-12-10(16-13-6)7-2-9(15)14(5-7)8-3-11-4-8/h7-8,11H,2-5H2,1H3. The Morgan fingerprint density at radius 2 is 2.31 bits per heavy atom. The topological polar surface area (TPSA) is 71.3 Å². The van der Waals surface area contributed by atoms with Gasteiger partial charge in [-0.1, -0.05) is 5.16 Å². The Balaban J connectivity index is 1.73. The number of aryl methyl sites for hydroxylation is 1. The van der Waals surface area contributed by atoms with Crippen LogP contribution in [0.1, 0.15) is 24.1 Å². The molecule has 6 heteroatoms. The molecule has 0 aliphatic carbocycles. The molecule has 2 aliphatic heterocycles. The molecule has 3 heterocycles. The van der Waals surface area contributed by atoms with E-state index in [2.05, 4.69) is 15.5 Å². The van der Waals surface area contributed by atoms with E-state index in [1.807, 2.05) is 4.90 Å². The Morgan fingerprint density at radius 3 is 2.88 bits per heavy atom. The van der Waals surface area contributed by atoms with Crippen molar-refractivity contribution in [3.63, 3.8) is 0 Å². The molecule has 1 unspecified atom stereocenters. The molecule has 86 valence electrons. The molecule has 2 aliphatic rings. The predicted octanol–water partition coefficient (Wildman–Crippen LogP) is -0.334. The molecule has 1 N–H and O–H groups in total. The van der Waals surface area contributed by atoms with E-state index in [1.54, 1.807) is 6.92 Å². The molecule has 1 aromatic heterocycles. The lowest BCUT2D eigenvalue weighted by molar-refractivity contribution is -0.130. The maximum Gasteiger partial charge on any atom is 0.232 e. The zero-order valence-electron chi connectivity index (χ0n) is 9.14. The second-order valence-corrected chi connectivity index (χ2v) is 4.44. The Morgan fingerprint density at radius 1 is 1.50 bits per heavy atom. The summed E-state index contributed by atoms with van der Waals surface area (Å²) >= 11 is 0. The highest BCUT2D eigenvalue weighted by Gasteiger charge is 2.39. The lowest BCUT2D eigenvalue weighted by atomic mass is 10.1. The molecule has 1 aromatic rings. The predicted molar refractivity (Wildman–Crippen MR) is 54.8 cm³/mol. The molecule has 1 amide bonds. The van der Waals surface area contributed by atoms with Crippen LogP contribution in [-0.2, 0) is 4.79 Å². The van der Waals surface area contributed by atoms with Gasteiger partial charge in [-0.2, -0.15) is 4.98 Å². The Labute approximate surface area is 93.0 Å².